The van der Waals surface area contributed by atoms with E-state index in [1.807, 2.05) is 18.5 Å². The zero-order valence-corrected chi connectivity index (χ0v) is 22.5. The van der Waals surface area contributed by atoms with Crippen LogP contribution >= 0.6 is 0 Å². The third-order valence-electron chi connectivity index (χ3n) is 8.44. The van der Waals surface area contributed by atoms with Gasteiger partial charge in [0.2, 0.25) is 0 Å². The monoisotopic (exact) mass is 502 g/mol. The van der Waals surface area contributed by atoms with Gasteiger partial charge in [0.25, 0.3) is 0 Å². The Balaban J connectivity index is 1.31. The number of anilines is 1. The summed E-state index contributed by atoms with van der Waals surface area (Å²) in [4.78, 5) is 15.5. The predicted molar refractivity (Wildman–Crippen MR) is 147 cm³/mol. The Morgan fingerprint density at radius 1 is 1.11 bits per heavy atom. The highest BCUT2D eigenvalue weighted by Crippen LogP contribution is 2.41. The summed E-state index contributed by atoms with van der Waals surface area (Å²) >= 11 is 0. The number of fused-ring (bicyclic) bond motifs is 2. The van der Waals surface area contributed by atoms with E-state index in [9.17, 15) is 0 Å². The number of nitrogens with zero attached hydrogens (tertiary/aromatic N) is 5. The molecule has 0 spiro atoms. The van der Waals surface area contributed by atoms with Crippen LogP contribution in [-0.2, 0) is 4.74 Å². The van der Waals surface area contributed by atoms with Crippen LogP contribution in [0.25, 0.3) is 27.8 Å². The molecule has 4 aromatic rings. The first kappa shape index (κ1) is 24.2. The molecule has 8 heteroatoms. The molecule has 0 aliphatic carbocycles. The molecule has 0 saturated carbocycles. The van der Waals surface area contributed by atoms with Crippen LogP contribution in [0.15, 0.2) is 24.8 Å². The molecule has 1 N–H and O–H groups in total. The molecule has 0 aromatic carbocycles. The van der Waals surface area contributed by atoms with Crippen LogP contribution in [0.2, 0.25) is 0 Å². The number of aromatic amines is 1. The number of methoxy groups -OCH3 is 1. The van der Waals surface area contributed by atoms with Gasteiger partial charge in [-0.15, -0.1) is 0 Å². The molecule has 0 radical (unpaired) electrons. The van der Waals surface area contributed by atoms with E-state index in [0.717, 1.165) is 60.7 Å². The maximum Gasteiger partial charge on any atom is 0.197 e. The minimum Gasteiger partial charge on any atom is -0.493 e. The zero-order chi connectivity index (χ0) is 25.5. The summed E-state index contributed by atoms with van der Waals surface area (Å²) in [6.07, 6.45) is 11.9. The lowest BCUT2D eigenvalue weighted by atomic mass is 9.84. The van der Waals surface area contributed by atoms with E-state index < -0.39 is 0 Å². The van der Waals surface area contributed by atoms with E-state index >= 15 is 0 Å². The first-order valence-electron chi connectivity index (χ1n) is 13.7. The van der Waals surface area contributed by atoms with Gasteiger partial charge in [0.1, 0.15) is 12.1 Å². The summed E-state index contributed by atoms with van der Waals surface area (Å²) in [5.74, 6) is 3.86. The van der Waals surface area contributed by atoms with E-state index in [0.29, 0.717) is 17.3 Å². The van der Waals surface area contributed by atoms with Crippen molar-refractivity contribution in [1.29, 1.82) is 0 Å². The lowest BCUT2D eigenvalue weighted by Gasteiger charge is -2.35. The normalized spacial score (nSPS) is 17.9. The molecule has 2 fully saturated rings. The maximum atomic E-state index is 5.64. The molecule has 2 saturated heterocycles. The minimum atomic E-state index is 0.334. The largest absolute Gasteiger partial charge is 0.493 e. The molecular formula is C29H38N6O2. The van der Waals surface area contributed by atoms with Gasteiger partial charge >= 0.3 is 0 Å². The Kier molecular flexibility index (Phi) is 6.53. The lowest BCUT2D eigenvalue weighted by molar-refractivity contribution is 0.0571. The highest BCUT2D eigenvalue weighted by atomic mass is 16.5. The van der Waals surface area contributed by atoms with Gasteiger partial charge < -0.3 is 19.4 Å². The maximum absolute atomic E-state index is 5.64. The number of aromatic nitrogens is 5. The molecule has 6 rings (SSSR count). The zero-order valence-electron chi connectivity index (χ0n) is 22.5. The second kappa shape index (κ2) is 9.97. The van der Waals surface area contributed by atoms with Gasteiger partial charge in [-0.2, -0.15) is 5.10 Å². The van der Waals surface area contributed by atoms with E-state index in [-0.39, 0.29) is 0 Å². The quantitative estimate of drug-likeness (QED) is 0.362. The Bertz CT molecular complexity index is 1390. The summed E-state index contributed by atoms with van der Waals surface area (Å²) in [5.41, 5.74) is 6.50. The average Bonchev–Trinajstić information content (AvgIpc) is 3.55. The fourth-order valence-electron chi connectivity index (χ4n) is 6.51. The van der Waals surface area contributed by atoms with Gasteiger partial charge in [-0.3, -0.25) is 0 Å². The number of rotatable bonds is 6. The van der Waals surface area contributed by atoms with Crippen LogP contribution in [0.3, 0.4) is 0 Å². The van der Waals surface area contributed by atoms with E-state index in [4.69, 9.17) is 14.5 Å². The van der Waals surface area contributed by atoms with E-state index in [1.54, 1.807) is 18.0 Å². The Labute approximate surface area is 218 Å². The van der Waals surface area contributed by atoms with Gasteiger partial charge in [-0.1, -0.05) is 13.8 Å². The van der Waals surface area contributed by atoms with Crippen molar-refractivity contribution in [1.82, 2.24) is 24.6 Å². The molecule has 37 heavy (non-hydrogen) atoms. The Hall–Kier alpha value is -3.13. The van der Waals surface area contributed by atoms with E-state index in [2.05, 4.69) is 40.7 Å². The molecule has 0 atom stereocenters. The molecule has 0 bridgehead atoms. The van der Waals surface area contributed by atoms with Gasteiger partial charge in [0.15, 0.2) is 11.4 Å². The highest BCUT2D eigenvalue weighted by molar-refractivity contribution is 5.95. The first-order chi connectivity index (χ1) is 18.0. The molecule has 8 nitrogen and oxygen atoms in total. The third kappa shape index (κ3) is 4.45. The summed E-state index contributed by atoms with van der Waals surface area (Å²) < 4.78 is 13.0. The Morgan fingerprint density at radius 3 is 2.59 bits per heavy atom. The SMILES string of the molecule is COc1cc(-c2[nH]c3cnc(N4CCC(CC5CCOCC5)CC4)c(C)c3c2C(C)C)cn2ncnc12. The molecule has 6 heterocycles. The smallest absolute Gasteiger partial charge is 0.197 e. The van der Waals surface area contributed by atoms with Crippen molar-refractivity contribution in [2.45, 2.75) is 58.8 Å². The van der Waals surface area contributed by atoms with Crippen molar-refractivity contribution in [2.24, 2.45) is 11.8 Å². The number of aryl methyl sites for hydroxylation is 1. The minimum absolute atomic E-state index is 0.334. The van der Waals surface area contributed by atoms with Crippen molar-refractivity contribution in [3.8, 4) is 17.0 Å². The van der Waals surface area contributed by atoms with Gasteiger partial charge in [0, 0.05) is 49.0 Å². The fourth-order valence-corrected chi connectivity index (χ4v) is 6.51. The number of H-pyrrole nitrogens is 1. The molecule has 2 aliphatic rings. The summed E-state index contributed by atoms with van der Waals surface area (Å²) in [6, 6.07) is 2.05. The number of piperidine rings is 1. The van der Waals surface area contributed by atoms with Gasteiger partial charge in [-0.25, -0.2) is 14.5 Å². The van der Waals surface area contributed by atoms with Crippen molar-refractivity contribution in [2.75, 3.05) is 38.3 Å². The third-order valence-corrected chi connectivity index (χ3v) is 8.44. The number of nitrogens with one attached hydrogen (secondary N) is 1. The number of hydrogen-bond donors (Lipinski definition) is 1. The second-order valence-electron chi connectivity index (χ2n) is 11.1. The molecule has 4 aromatic heterocycles. The molecule has 196 valence electrons. The average molecular weight is 503 g/mol. The summed E-state index contributed by atoms with van der Waals surface area (Å²) in [7, 11) is 1.68. The predicted octanol–water partition coefficient (Wildman–Crippen LogP) is 5.75. The molecule has 2 aliphatic heterocycles. The van der Waals surface area contributed by atoms with Crippen LogP contribution in [0.5, 0.6) is 5.75 Å². The van der Waals surface area contributed by atoms with Crippen LogP contribution in [0, 0.1) is 18.8 Å². The fraction of sp³-hybridized carbons (Fsp3) is 0.552. The topological polar surface area (TPSA) is 80.6 Å². The first-order valence-corrected chi connectivity index (χ1v) is 13.7. The molecular weight excluding hydrogens is 464 g/mol. The van der Waals surface area contributed by atoms with Crippen LogP contribution in [0.1, 0.15) is 63.0 Å². The highest BCUT2D eigenvalue weighted by Gasteiger charge is 2.27. The van der Waals surface area contributed by atoms with Crippen molar-refractivity contribution >= 4 is 22.4 Å². The van der Waals surface area contributed by atoms with Crippen LogP contribution < -0.4 is 9.64 Å². The summed E-state index contributed by atoms with van der Waals surface area (Å²) in [5, 5.41) is 5.65. The van der Waals surface area contributed by atoms with Gasteiger partial charge in [-0.05, 0) is 68.4 Å². The van der Waals surface area contributed by atoms with Crippen LogP contribution in [0.4, 0.5) is 5.82 Å². The number of ether oxygens (including phenoxy) is 2. The lowest BCUT2D eigenvalue weighted by Crippen LogP contribution is -2.35. The standard InChI is InChI=1S/C29H38N6O2/c1-18(2)25-26-19(3)28(34-9-5-20(6-10-34)13-21-7-11-37-12-8-21)30-15-23(26)33-27(25)22-14-24(36-4)29-31-17-32-35(29)16-22/h14-18,20-21,33H,5-13H2,1-4H3. The molecule has 0 unspecified atom stereocenters. The van der Waals surface area contributed by atoms with Crippen molar-refractivity contribution < 1.29 is 9.47 Å². The van der Waals surface area contributed by atoms with Crippen molar-refractivity contribution in [3.05, 3.63) is 35.9 Å². The summed E-state index contributed by atoms with van der Waals surface area (Å²) in [6.45, 7) is 10.8. The van der Waals surface area contributed by atoms with Crippen molar-refractivity contribution in [3.63, 3.8) is 0 Å². The Morgan fingerprint density at radius 2 is 1.86 bits per heavy atom. The van der Waals surface area contributed by atoms with Gasteiger partial charge in [0.05, 0.1) is 24.5 Å². The number of pyridine rings is 2. The second-order valence-corrected chi connectivity index (χ2v) is 11.1. The van der Waals surface area contributed by atoms with E-state index in [1.165, 1.54) is 48.6 Å². The molecule has 0 amide bonds. The van der Waals surface area contributed by atoms with Crippen LogP contribution in [-0.4, -0.2) is 58.0 Å². The number of hydrogen-bond acceptors (Lipinski definition) is 6.